The van der Waals surface area contributed by atoms with Crippen molar-refractivity contribution in [2.45, 2.75) is 52.9 Å². The smallest absolute Gasteiger partial charge is 0.407 e. The second-order valence-electron chi connectivity index (χ2n) is 9.58. The number of hydrogen-bond donors (Lipinski definition) is 3. The summed E-state index contributed by atoms with van der Waals surface area (Å²) in [6.45, 7) is -0.0735. The number of hydroxylamine groups is 1. The van der Waals surface area contributed by atoms with Gasteiger partial charge in [-0.2, -0.15) is 0 Å². The number of alkyl carbamates (subject to hydrolysis) is 1. The SMILES string of the molecule is O=C(CNC(=O)OCc1ccccc1)NC(CS(=O)(=O)c1ccc(Sc2ccccc2)cc1)C(=O)NOC1CCCCO1. The van der Waals surface area contributed by atoms with Crippen LogP contribution in [0.25, 0.3) is 0 Å². The molecule has 0 bridgehead atoms. The van der Waals surface area contributed by atoms with Gasteiger partial charge in [0.05, 0.1) is 10.6 Å². The first kappa shape index (κ1) is 32.0. The Hall–Kier alpha value is -3.91. The fraction of sp³-hybridized carbons (Fsp3) is 0.300. The number of hydrogen-bond acceptors (Lipinski definition) is 9. The lowest BCUT2D eigenvalue weighted by atomic mass is 10.2. The molecule has 0 aliphatic carbocycles. The molecule has 1 saturated heterocycles. The predicted octanol–water partition coefficient (Wildman–Crippen LogP) is 3.60. The number of benzene rings is 3. The van der Waals surface area contributed by atoms with Crippen LogP contribution in [-0.4, -0.2) is 57.6 Å². The fourth-order valence-electron chi connectivity index (χ4n) is 4.01. The number of carbonyl (C=O) groups excluding carboxylic acids is 3. The van der Waals surface area contributed by atoms with Crippen molar-refractivity contribution in [1.82, 2.24) is 16.1 Å². The Labute approximate surface area is 254 Å². The van der Waals surface area contributed by atoms with Gasteiger partial charge in [0.25, 0.3) is 5.91 Å². The Morgan fingerprint density at radius 1 is 0.907 bits per heavy atom. The number of rotatable bonds is 13. The van der Waals surface area contributed by atoms with E-state index in [1.54, 1.807) is 36.4 Å². The molecule has 0 spiro atoms. The zero-order valence-electron chi connectivity index (χ0n) is 23.3. The number of nitrogens with one attached hydrogen (secondary N) is 3. The number of amides is 3. The summed E-state index contributed by atoms with van der Waals surface area (Å²) in [6, 6.07) is 23.3. The topological polar surface area (TPSA) is 149 Å². The van der Waals surface area contributed by atoms with Crippen LogP contribution >= 0.6 is 11.8 Å². The minimum absolute atomic E-state index is 0.000782. The molecule has 2 atom stereocenters. The second-order valence-corrected chi connectivity index (χ2v) is 12.8. The van der Waals surface area contributed by atoms with E-state index in [0.29, 0.717) is 13.0 Å². The maximum absolute atomic E-state index is 13.3. The summed E-state index contributed by atoms with van der Waals surface area (Å²) >= 11 is 1.48. The van der Waals surface area contributed by atoms with E-state index >= 15 is 0 Å². The molecule has 43 heavy (non-hydrogen) atoms. The molecule has 0 saturated carbocycles. The van der Waals surface area contributed by atoms with Crippen LogP contribution in [-0.2, 0) is 40.3 Å². The van der Waals surface area contributed by atoms with Crippen molar-refractivity contribution >= 4 is 39.5 Å². The molecule has 1 aliphatic heterocycles. The Kier molecular flexibility index (Phi) is 12.0. The molecule has 1 fully saturated rings. The summed E-state index contributed by atoms with van der Waals surface area (Å²) in [6.07, 6.45) is 0.742. The largest absolute Gasteiger partial charge is 0.445 e. The van der Waals surface area contributed by atoms with E-state index in [-0.39, 0.29) is 11.5 Å². The third kappa shape index (κ3) is 10.7. The van der Waals surface area contributed by atoms with E-state index in [2.05, 4.69) is 16.1 Å². The summed E-state index contributed by atoms with van der Waals surface area (Å²) in [5.74, 6) is -2.42. The first-order valence-corrected chi connectivity index (χ1v) is 16.1. The third-order valence-electron chi connectivity index (χ3n) is 6.23. The highest BCUT2D eigenvalue weighted by Crippen LogP contribution is 2.28. The Morgan fingerprint density at radius 2 is 1.58 bits per heavy atom. The van der Waals surface area contributed by atoms with Crippen molar-refractivity contribution in [3.63, 3.8) is 0 Å². The van der Waals surface area contributed by atoms with Gasteiger partial charge in [-0.05, 0) is 54.8 Å². The van der Waals surface area contributed by atoms with Gasteiger partial charge in [-0.15, -0.1) is 0 Å². The second kappa shape index (κ2) is 16.1. The van der Waals surface area contributed by atoms with Gasteiger partial charge in [0, 0.05) is 22.8 Å². The van der Waals surface area contributed by atoms with Crippen molar-refractivity contribution < 1.29 is 37.1 Å². The third-order valence-corrected chi connectivity index (χ3v) is 9.01. The fourth-order valence-corrected chi connectivity index (χ4v) is 6.26. The van der Waals surface area contributed by atoms with E-state index in [1.165, 1.54) is 23.9 Å². The number of sulfone groups is 1. The molecule has 1 aliphatic rings. The standard InChI is InChI=1S/C30H33N3O8S2/c34-27(19-31-30(36)40-20-22-9-3-1-4-10-22)32-26(29(35)33-41-28-13-7-8-18-39-28)21-43(37,38)25-16-14-24(15-17-25)42-23-11-5-2-6-12-23/h1-6,9-12,14-17,26,28H,7-8,13,18-21H2,(H,31,36)(H,32,34)(H,33,35). The highest BCUT2D eigenvalue weighted by atomic mass is 32.2. The van der Waals surface area contributed by atoms with Gasteiger partial charge < -0.3 is 20.1 Å². The molecule has 3 aromatic rings. The lowest BCUT2D eigenvalue weighted by Gasteiger charge is -2.24. The van der Waals surface area contributed by atoms with E-state index in [0.717, 1.165) is 28.2 Å². The predicted molar refractivity (Wildman–Crippen MR) is 158 cm³/mol. The van der Waals surface area contributed by atoms with Crippen LogP contribution in [0.15, 0.2) is 99.6 Å². The van der Waals surface area contributed by atoms with Crippen molar-refractivity contribution in [2.75, 3.05) is 18.9 Å². The van der Waals surface area contributed by atoms with Crippen LogP contribution in [0.5, 0.6) is 0 Å². The van der Waals surface area contributed by atoms with E-state index in [1.807, 2.05) is 36.4 Å². The zero-order valence-corrected chi connectivity index (χ0v) is 24.9. The molecule has 3 aromatic carbocycles. The highest BCUT2D eigenvalue weighted by Gasteiger charge is 2.30. The van der Waals surface area contributed by atoms with Crippen LogP contribution < -0.4 is 16.1 Å². The van der Waals surface area contributed by atoms with Gasteiger partial charge in [-0.3, -0.25) is 9.59 Å². The Morgan fingerprint density at radius 3 is 2.26 bits per heavy atom. The van der Waals surface area contributed by atoms with Crippen molar-refractivity contribution in [3.05, 3.63) is 90.5 Å². The monoisotopic (exact) mass is 627 g/mol. The Balaban J connectivity index is 1.37. The van der Waals surface area contributed by atoms with Crippen molar-refractivity contribution in [2.24, 2.45) is 0 Å². The summed E-state index contributed by atoms with van der Waals surface area (Å²) < 4.78 is 37.1. The molecular formula is C30H33N3O8S2. The molecule has 13 heteroatoms. The maximum atomic E-state index is 13.3. The van der Waals surface area contributed by atoms with Gasteiger partial charge in [0.15, 0.2) is 16.1 Å². The number of carbonyl (C=O) groups is 3. The molecule has 0 radical (unpaired) electrons. The van der Waals surface area contributed by atoms with Gasteiger partial charge in [-0.25, -0.2) is 23.5 Å². The molecular weight excluding hydrogens is 594 g/mol. The van der Waals surface area contributed by atoms with E-state index < -0.39 is 52.4 Å². The molecule has 2 unspecified atom stereocenters. The zero-order chi connectivity index (χ0) is 30.5. The molecule has 3 amide bonds. The first-order chi connectivity index (χ1) is 20.8. The van der Waals surface area contributed by atoms with E-state index in [4.69, 9.17) is 14.3 Å². The molecule has 0 aromatic heterocycles. The van der Waals surface area contributed by atoms with Crippen LogP contribution in [0.2, 0.25) is 0 Å². The lowest BCUT2D eigenvalue weighted by molar-refractivity contribution is -0.201. The summed E-state index contributed by atoms with van der Waals surface area (Å²) in [4.78, 5) is 44.8. The summed E-state index contributed by atoms with van der Waals surface area (Å²) in [5.41, 5.74) is 2.97. The van der Waals surface area contributed by atoms with Gasteiger partial charge in [0.1, 0.15) is 19.2 Å². The first-order valence-electron chi connectivity index (χ1n) is 13.7. The average molecular weight is 628 g/mol. The van der Waals surface area contributed by atoms with Crippen LogP contribution in [0.1, 0.15) is 24.8 Å². The number of ether oxygens (including phenoxy) is 2. The van der Waals surface area contributed by atoms with Crippen molar-refractivity contribution in [1.29, 1.82) is 0 Å². The molecule has 11 nitrogen and oxygen atoms in total. The minimum Gasteiger partial charge on any atom is -0.445 e. The van der Waals surface area contributed by atoms with Crippen LogP contribution in [0.4, 0.5) is 4.79 Å². The van der Waals surface area contributed by atoms with Gasteiger partial charge >= 0.3 is 6.09 Å². The molecule has 3 N–H and O–H groups in total. The van der Waals surface area contributed by atoms with E-state index in [9.17, 15) is 22.8 Å². The lowest BCUT2D eigenvalue weighted by Crippen LogP contribution is -2.53. The maximum Gasteiger partial charge on any atom is 0.407 e. The normalized spacial score (nSPS) is 15.6. The van der Waals surface area contributed by atoms with Gasteiger partial charge in [0.2, 0.25) is 5.91 Å². The quantitative estimate of drug-likeness (QED) is 0.242. The highest BCUT2D eigenvalue weighted by molar-refractivity contribution is 7.99. The Bertz CT molecular complexity index is 1450. The van der Waals surface area contributed by atoms with Crippen LogP contribution in [0.3, 0.4) is 0 Å². The molecule has 228 valence electrons. The summed E-state index contributed by atoms with van der Waals surface area (Å²) in [7, 11) is -4.04. The van der Waals surface area contributed by atoms with Crippen LogP contribution in [0, 0.1) is 0 Å². The molecule has 4 rings (SSSR count). The van der Waals surface area contributed by atoms with Crippen molar-refractivity contribution in [3.8, 4) is 0 Å². The van der Waals surface area contributed by atoms with Gasteiger partial charge in [-0.1, -0.05) is 60.3 Å². The average Bonchev–Trinajstić information content (AvgIpc) is 3.03. The minimum atomic E-state index is -4.04. The summed E-state index contributed by atoms with van der Waals surface area (Å²) in [5, 5.41) is 4.67. The molecule has 1 heterocycles.